The summed E-state index contributed by atoms with van der Waals surface area (Å²) in [5.74, 6) is -4.22. The van der Waals surface area contributed by atoms with E-state index in [1.807, 2.05) is 0 Å². The number of likely N-dealkylation sites (tertiary alicyclic amines) is 1. The Labute approximate surface area is 187 Å². The monoisotopic (exact) mass is 469 g/mol. The van der Waals surface area contributed by atoms with Crippen molar-refractivity contribution >= 4 is 23.5 Å². The summed E-state index contributed by atoms with van der Waals surface area (Å²) in [6.45, 7) is 2.54. The highest BCUT2D eigenvalue weighted by atomic mass is 19.3. The molecule has 0 spiro atoms. The zero-order valence-electron chi connectivity index (χ0n) is 18.2. The van der Waals surface area contributed by atoms with Crippen LogP contribution in [-0.4, -0.2) is 57.8 Å². The van der Waals surface area contributed by atoms with Crippen LogP contribution in [0, 0.1) is 6.92 Å². The maximum absolute atomic E-state index is 14.2. The van der Waals surface area contributed by atoms with E-state index in [1.165, 1.54) is 31.3 Å². The number of nitrogens with zero attached hydrogens (tertiary/aromatic N) is 3. The molecule has 2 aromatic heterocycles. The number of ether oxygens (including phenoxy) is 1. The Morgan fingerprint density at radius 1 is 1.24 bits per heavy atom. The number of amides is 2. The summed E-state index contributed by atoms with van der Waals surface area (Å²) in [5.41, 5.74) is 0.387. The van der Waals surface area contributed by atoms with Crippen LogP contribution >= 0.6 is 0 Å². The number of pyridine rings is 2. The summed E-state index contributed by atoms with van der Waals surface area (Å²) in [6, 6.07) is 4.68. The van der Waals surface area contributed by atoms with Gasteiger partial charge in [-0.2, -0.15) is 8.78 Å². The van der Waals surface area contributed by atoms with Gasteiger partial charge in [0.05, 0.1) is 12.6 Å². The summed E-state index contributed by atoms with van der Waals surface area (Å²) < 4.78 is 59.1. The Morgan fingerprint density at radius 3 is 2.64 bits per heavy atom. The van der Waals surface area contributed by atoms with Gasteiger partial charge in [-0.05, 0) is 24.6 Å². The number of hydrogen-bond acceptors (Lipinski definition) is 6. The maximum Gasteiger partial charge on any atom is 0.394 e. The maximum atomic E-state index is 14.2. The van der Waals surface area contributed by atoms with Crippen LogP contribution in [0.1, 0.15) is 36.3 Å². The summed E-state index contributed by atoms with van der Waals surface area (Å²) in [5, 5.41) is 5.22. The number of aryl methyl sites for hydroxylation is 1. The Hall–Kier alpha value is -3.44. The van der Waals surface area contributed by atoms with Crippen molar-refractivity contribution in [2.45, 2.75) is 45.3 Å². The number of carbonyl (C=O) groups is 2. The van der Waals surface area contributed by atoms with Gasteiger partial charge in [0, 0.05) is 39.1 Å². The molecule has 1 aliphatic heterocycles. The lowest BCUT2D eigenvalue weighted by molar-refractivity contribution is -0.158. The molecule has 178 valence electrons. The fourth-order valence-electron chi connectivity index (χ4n) is 3.48. The molecule has 12 heteroatoms. The standard InChI is InChI=1S/C21H23F4N5O3/c1-12-4-5-16(28-17-8-15(6-7-26-17)33-20(3,22)23)29-18(12)19(32)30-10-14(27-13(2)31)9-21(24,25)11-30/h4-8,14H,9-11H2,1-3H3,(H,27,31)(H,26,28,29)/t14-/m0/s1. The van der Waals surface area contributed by atoms with Crippen molar-refractivity contribution in [3.63, 3.8) is 0 Å². The zero-order valence-corrected chi connectivity index (χ0v) is 18.2. The third-order valence-corrected chi connectivity index (χ3v) is 4.69. The van der Waals surface area contributed by atoms with Crippen LogP contribution in [0.15, 0.2) is 30.5 Å². The molecule has 1 fully saturated rings. The molecule has 33 heavy (non-hydrogen) atoms. The van der Waals surface area contributed by atoms with E-state index in [-0.39, 0.29) is 29.6 Å². The molecule has 0 saturated carbocycles. The van der Waals surface area contributed by atoms with E-state index < -0.39 is 42.9 Å². The molecular weight excluding hydrogens is 446 g/mol. The van der Waals surface area contributed by atoms with E-state index in [1.54, 1.807) is 13.0 Å². The molecule has 0 unspecified atom stereocenters. The number of piperidine rings is 1. The van der Waals surface area contributed by atoms with E-state index in [0.717, 1.165) is 4.90 Å². The predicted octanol–water partition coefficient (Wildman–Crippen LogP) is 3.51. The van der Waals surface area contributed by atoms with Crippen molar-refractivity contribution in [1.29, 1.82) is 0 Å². The third-order valence-electron chi connectivity index (χ3n) is 4.69. The van der Waals surface area contributed by atoms with Gasteiger partial charge in [0.25, 0.3) is 11.8 Å². The first-order valence-electron chi connectivity index (χ1n) is 10.0. The number of alkyl halides is 4. The van der Waals surface area contributed by atoms with Crippen LogP contribution in [0.2, 0.25) is 0 Å². The second-order valence-corrected chi connectivity index (χ2v) is 7.92. The quantitative estimate of drug-likeness (QED) is 0.629. The van der Waals surface area contributed by atoms with Crippen molar-refractivity contribution < 1.29 is 31.9 Å². The molecule has 1 atom stereocenters. The lowest BCUT2D eigenvalue weighted by Gasteiger charge is -2.37. The van der Waals surface area contributed by atoms with E-state index in [0.29, 0.717) is 12.5 Å². The summed E-state index contributed by atoms with van der Waals surface area (Å²) in [4.78, 5) is 33.5. The lowest BCUT2D eigenvalue weighted by Crippen LogP contribution is -2.56. The second kappa shape index (κ2) is 9.20. The molecule has 2 amide bonds. The fourth-order valence-corrected chi connectivity index (χ4v) is 3.48. The van der Waals surface area contributed by atoms with Gasteiger partial charge >= 0.3 is 6.11 Å². The third kappa shape index (κ3) is 6.77. The summed E-state index contributed by atoms with van der Waals surface area (Å²) in [6.07, 6.45) is -2.70. The molecule has 2 aromatic rings. The first kappa shape index (κ1) is 24.2. The molecule has 3 heterocycles. The minimum Gasteiger partial charge on any atom is -0.433 e. The highest BCUT2D eigenvalue weighted by Gasteiger charge is 2.43. The van der Waals surface area contributed by atoms with E-state index in [9.17, 15) is 27.2 Å². The molecule has 0 bridgehead atoms. The Kier molecular flexibility index (Phi) is 6.75. The number of nitrogens with one attached hydrogen (secondary N) is 2. The normalized spacial score (nSPS) is 17.9. The number of carbonyl (C=O) groups excluding carboxylic acids is 2. The van der Waals surface area contributed by atoms with Crippen molar-refractivity contribution in [1.82, 2.24) is 20.2 Å². The molecule has 1 saturated heterocycles. The van der Waals surface area contributed by atoms with Crippen LogP contribution in [0.25, 0.3) is 0 Å². The molecule has 2 N–H and O–H groups in total. The van der Waals surface area contributed by atoms with Gasteiger partial charge in [-0.25, -0.2) is 18.7 Å². The van der Waals surface area contributed by atoms with Crippen LogP contribution in [0.4, 0.5) is 29.2 Å². The number of rotatable bonds is 6. The minimum absolute atomic E-state index is 0.0632. The van der Waals surface area contributed by atoms with Gasteiger partial charge < -0.3 is 20.3 Å². The number of anilines is 2. The molecule has 0 aromatic carbocycles. The van der Waals surface area contributed by atoms with Crippen molar-refractivity contribution in [3.05, 3.63) is 41.7 Å². The van der Waals surface area contributed by atoms with Gasteiger partial charge in [-0.1, -0.05) is 6.07 Å². The van der Waals surface area contributed by atoms with Gasteiger partial charge in [0.2, 0.25) is 5.91 Å². The average Bonchev–Trinajstić information content (AvgIpc) is 2.66. The number of hydrogen-bond donors (Lipinski definition) is 2. The zero-order chi connectivity index (χ0) is 24.4. The molecular formula is C21H23F4N5O3. The minimum atomic E-state index is -3.38. The molecule has 0 radical (unpaired) electrons. The number of halogens is 4. The van der Waals surface area contributed by atoms with Crippen LogP contribution in [-0.2, 0) is 4.79 Å². The summed E-state index contributed by atoms with van der Waals surface area (Å²) >= 11 is 0. The Balaban J connectivity index is 1.80. The SMILES string of the molecule is CC(=O)N[C@@H]1CN(C(=O)c2nc(Nc3cc(OC(C)(F)F)ccn3)ccc2C)CC(F)(F)C1. The smallest absolute Gasteiger partial charge is 0.394 e. The highest BCUT2D eigenvalue weighted by Crippen LogP contribution is 2.29. The van der Waals surface area contributed by atoms with Gasteiger partial charge in [0.1, 0.15) is 23.1 Å². The van der Waals surface area contributed by atoms with E-state index in [2.05, 4.69) is 25.3 Å². The largest absolute Gasteiger partial charge is 0.433 e. The van der Waals surface area contributed by atoms with Crippen molar-refractivity contribution in [2.75, 3.05) is 18.4 Å². The molecule has 8 nitrogen and oxygen atoms in total. The average molecular weight is 469 g/mol. The Bertz CT molecular complexity index is 1040. The highest BCUT2D eigenvalue weighted by molar-refractivity contribution is 5.94. The van der Waals surface area contributed by atoms with Crippen molar-refractivity contribution in [2.24, 2.45) is 0 Å². The number of aromatic nitrogens is 2. The molecule has 3 rings (SSSR count). The first-order chi connectivity index (χ1) is 15.3. The van der Waals surface area contributed by atoms with Crippen LogP contribution in [0.5, 0.6) is 5.75 Å². The van der Waals surface area contributed by atoms with Gasteiger partial charge in [-0.3, -0.25) is 9.59 Å². The summed E-state index contributed by atoms with van der Waals surface area (Å²) in [7, 11) is 0. The molecule has 0 aliphatic carbocycles. The van der Waals surface area contributed by atoms with Crippen molar-refractivity contribution in [3.8, 4) is 5.75 Å². The Morgan fingerprint density at radius 2 is 1.97 bits per heavy atom. The second-order valence-electron chi connectivity index (χ2n) is 7.92. The topological polar surface area (TPSA) is 96.5 Å². The molecule has 1 aliphatic rings. The van der Waals surface area contributed by atoms with Crippen LogP contribution in [0.3, 0.4) is 0 Å². The first-order valence-corrected chi connectivity index (χ1v) is 10.0. The lowest BCUT2D eigenvalue weighted by atomic mass is 10.0. The fraction of sp³-hybridized carbons (Fsp3) is 0.429. The van der Waals surface area contributed by atoms with Crippen LogP contribution < -0.4 is 15.4 Å². The van der Waals surface area contributed by atoms with Gasteiger partial charge in [0.15, 0.2) is 0 Å². The van der Waals surface area contributed by atoms with E-state index >= 15 is 0 Å². The van der Waals surface area contributed by atoms with E-state index in [4.69, 9.17) is 0 Å². The van der Waals surface area contributed by atoms with Gasteiger partial charge in [-0.15, -0.1) is 0 Å². The predicted molar refractivity (Wildman–Crippen MR) is 111 cm³/mol.